The number of hydrogen-bond donors (Lipinski definition) is 2. The van der Waals surface area contributed by atoms with E-state index in [1.807, 2.05) is 13.0 Å². The topological polar surface area (TPSA) is 140 Å². The lowest BCUT2D eigenvalue weighted by Gasteiger charge is -2.08. The predicted molar refractivity (Wildman–Crippen MR) is 145 cm³/mol. The molecule has 0 unspecified atom stereocenters. The van der Waals surface area contributed by atoms with E-state index >= 15 is 0 Å². The number of rotatable bonds is 8. The van der Waals surface area contributed by atoms with Gasteiger partial charge in [-0.1, -0.05) is 35.9 Å². The first-order valence-corrected chi connectivity index (χ1v) is 11.7. The molecule has 0 aliphatic rings. The SMILES string of the molecule is Cc1ccc(C(=O)Oc2ccc([N+](=O)[O-])cc2/C=N/NC(=O)c2ccc(NC(=O)c3ccccc3)cc2)cc1. The van der Waals surface area contributed by atoms with Crippen molar-refractivity contribution in [2.75, 3.05) is 5.32 Å². The minimum atomic E-state index is -0.651. The first kappa shape index (κ1) is 26.4. The Balaban J connectivity index is 1.43. The number of nitro benzene ring substituents is 1. The van der Waals surface area contributed by atoms with Gasteiger partial charge in [0.15, 0.2) is 0 Å². The van der Waals surface area contributed by atoms with Crippen molar-refractivity contribution in [3.05, 3.63) is 135 Å². The second-order valence-corrected chi connectivity index (χ2v) is 8.33. The van der Waals surface area contributed by atoms with E-state index < -0.39 is 16.8 Å². The molecule has 4 rings (SSSR count). The van der Waals surface area contributed by atoms with Crippen LogP contribution in [-0.4, -0.2) is 28.9 Å². The maximum absolute atomic E-state index is 12.5. The minimum Gasteiger partial charge on any atom is -0.422 e. The zero-order valence-electron chi connectivity index (χ0n) is 20.7. The Morgan fingerprint density at radius 3 is 2.13 bits per heavy atom. The average molecular weight is 523 g/mol. The molecular weight excluding hydrogens is 500 g/mol. The maximum atomic E-state index is 12.5. The third kappa shape index (κ3) is 6.98. The molecule has 4 aromatic carbocycles. The van der Waals surface area contributed by atoms with Crippen LogP contribution in [0.1, 0.15) is 42.2 Å². The van der Waals surface area contributed by atoms with Gasteiger partial charge < -0.3 is 10.1 Å². The van der Waals surface area contributed by atoms with Crippen LogP contribution < -0.4 is 15.5 Å². The Morgan fingerprint density at radius 2 is 1.46 bits per heavy atom. The molecule has 4 aromatic rings. The summed E-state index contributed by atoms with van der Waals surface area (Å²) >= 11 is 0. The molecule has 10 heteroatoms. The van der Waals surface area contributed by atoms with Gasteiger partial charge in [-0.2, -0.15) is 5.10 Å². The number of benzene rings is 4. The van der Waals surface area contributed by atoms with E-state index in [2.05, 4.69) is 15.8 Å². The molecular formula is C29H22N4O6. The highest BCUT2D eigenvalue weighted by molar-refractivity contribution is 6.04. The van der Waals surface area contributed by atoms with E-state index in [0.29, 0.717) is 16.8 Å². The Labute approximate surface area is 223 Å². The van der Waals surface area contributed by atoms with Gasteiger partial charge in [0.1, 0.15) is 5.75 Å². The van der Waals surface area contributed by atoms with E-state index in [-0.39, 0.29) is 28.5 Å². The molecule has 2 N–H and O–H groups in total. The Bertz CT molecular complexity index is 1550. The second kappa shape index (κ2) is 12.1. The van der Waals surface area contributed by atoms with Gasteiger partial charge in [-0.25, -0.2) is 10.2 Å². The summed E-state index contributed by atoms with van der Waals surface area (Å²) in [5.74, 6) is -1.46. The molecule has 0 bridgehead atoms. The molecule has 0 fully saturated rings. The van der Waals surface area contributed by atoms with E-state index in [0.717, 1.165) is 11.8 Å². The summed E-state index contributed by atoms with van der Waals surface area (Å²) in [6.07, 6.45) is 1.15. The lowest BCUT2D eigenvalue weighted by Crippen LogP contribution is -2.18. The van der Waals surface area contributed by atoms with Crippen molar-refractivity contribution < 1.29 is 24.0 Å². The molecule has 0 saturated heterocycles. The van der Waals surface area contributed by atoms with Gasteiger partial charge in [-0.15, -0.1) is 0 Å². The fraction of sp³-hybridized carbons (Fsp3) is 0.0345. The zero-order valence-corrected chi connectivity index (χ0v) is 20.7. The fourth-order valence-electron chi connectivity index (χ4n) is 3.41. The quantitative estimate of drug-likeness (QED) is 0.108. The molecule has 0 aromatic heterocycles. The van der Waals surface area contributed by atoms with E-state index in [1.165, 1.54) is 30.3 Å². The number of esters is 1. The molecule has 10 nitrogen and oxygen atoms in total. The number of hydrogen-bond acceptors (Lipinski definition) is 7. The number of nitrogens with zero attached hydrogens (tertiary/aromatic N) is 2. The van der Waals surface area contributed by atoms with Crippen molar-refractivity contribution in [1.82, 2.24) is 5.43 Å². The first-order chi connectivity index (χ1) is 18.8. The molecule has 0 radical (unpaired) electrons. The summed E-state index contributed by atoms with van der Waals surface area (Å²) in [5, 5.41) is 17.9. The lowest BCUT2D eigenvalue weighted by molar-refractivity contribution is -0.384. The number of nitrogens with one attached hydrogen (secondary N) is 2. The molecule has 0 aliphatic carbocycles. The molecule has 0 spiro atoms. The number of anilines is 1. The number of non-ortho nitro benzene ring substituents is 1. The molecule has 0 aliphatic heterocycles. The maximum Gasteiger partial charge on any atom is 0.343 e. The van der Waals surface area contributed by atoms with Gasteiger partial charge in [-0.3, -0.25) is 19.7 Å². The highest BCUT2D eigenvalue weighted by Gasteiger charge is 2.15. The number of ether oxygens (including phenoxy) is 1. The van der Waals surface area contributed by atoms with Crippen molar-refractivity contribution in [2.24, 2.45) is 5.10 Å². The molecule has 0 saturated carbocycles. The third-order valence-electron chi connectivity index (χ3n) is 5.50. The van der Waals surface area contributed by atoms with Gasteiger partial charge in [0.05, 0.1) is 16.7 Å². The van der Waals surface area contributed by atoms with Gasteiger partial charge >= 0.3 is 5.97 Å². The van der Waals surface area contributed by atoms with Crippen LogP contribution in [0.25, 0.3) is 0 Å². The van der Waals surface area contributed by atoms with Gasteiger partial charge in [0.2, 0.25) is 0 Å². The van der Waals surface area contributed by atoms with Crippen LogP contribution in [0, 0.1) is 17.0 Å². The summed E-state index contributed by atoms with van der Waals surface area (Å²) < 4.78 is 5.43. The van der Waals surface area contributed by atoms with Crippen molar-refractivity contribution in [3.8, 4) is 5.75 Å². The number of nitro groups is 1. The van der Waals surface area contributed by atoms with Gasteiger partial charge in [-0.05, 0) is 61.5 Å². The van der Waals surface area contributed by atoms with Gasteiger partial charge in [0.25, 0.3) is 17.5 Å². The molecule has 2 amide bonds. The summed E-state index contributed by atoms with van der Waals surface area (Å²) in [6, 6.07) is 25.3. The Kier molecular flexibility index (Phi) is 8.17. The van der Waals surface area contributed by atoms with Gasteiger partial charge in [0, 0.05) is 34.5 Å². The minimum absolute atomic E-state index is 0.0303. The third-order valence-corrected chi connectivity index (χ3v) is 5.50. The molecule has 0 heterocycles. The number of amides is 2. The largest absolute Gasteiger partial charge is 0.422 e. The van der Waals surface area contributed by atoms with Crippen molar-refractivity contribution >= 4 is 35.4 Å². The zero-order chi connectivity index (χ0) is 27.8. The highest BCUT2D eigenvalue weighted by Crippen LogP contribution is 2.24. The van der Waals surface area contributed by atoms with E-state index in [4.69, 9.17) is 4.74 Å². The summed E-state index contributed by atoms with van der Waals surface area (Å²) in [6.45, 7) is 1.88. The van der Waals surface area contributed by atoms with Crippen molar-refractivity contribution in [2.45, 2.75) is 6.92 Å². The van der Waals surface area contributed by atoms with Crippen LogP contribution in [0.5, 0.6) is 5.75 Å². The van der Waals surface area contributed by atoms with E-state index in [1.54, 1.807) is 60.7 Å². The normalized spacial score (nSPS) is 10.6. The van der Waals surface area contributed by atoms with Crippen molar-refractivity contribution in [1.29, 1.82) is 0 Å². The number of carbonyl (C=O) groups is 3. The van der Waals surface area contributed by atoms with Crippen molar-refractivity contribution in [3.63, 3.8) is 0 Å². The summed E-state index contributed by atoms with van der Waals surface area (Å²) in [7, 11) is 0. The Hall–Kier alpha value is -5.64. The van der Waals surface area contributed by atoms with Crippen LogP contribution in [-0.2, 0) is 0 Å². The molecule has 0 atom stereocenters. The highest BCUT2D eigenvalue weighted by atomic mass is 16.6. The fourth-order valence-corrected chi connectivity index (χ4v) is 3.41. The standard InChI is InChI=1S/C29H22N4O6/c1-19-7-9-22(10-8-19)29(36)39-26-16-15-25(33(37)38)17-23(26)18-30-32-28(35)21-11-13-24(14-12-21)31-27(34)20-5-3-2-4-6-20/h2-18H,1H3,(H,31,34)(H,32,35)/b30-18+. The number of carbonyl (C=O) groups excluding carboxylic acids is 3. The van der Waals surface area contributed by atoms with Crippen LogP contribution in [0.2, 0.25) is 0 Å². The predicted octanol–water partition coefficient (Wildman–Crippen LogP) is 5.14. The van der Waals surface area contributed by atoms with Crippen LogP contribution in [0.3, 0.4) is 0 Å². The average Bonchev–Trinajstić information content (AvgIpc) is 2.94. The summed E-state index contributed by atoms with van der Waals surface area (Å²) in [4.78, 5) is 48.0. The molecule has 39 heavy (non-hydrogen) atoms. The molecule has 194 valence electrons. The lowest BCUT2D eigenvalue weighted by atomic mass is 10.1. The van der Waals surface area contributed by atoms with E-state index in [9.17, 15) is 24.5 Å². The van der Waals surface area contributed by atoms with Crippen LogP contribution in [0.15, 0.2) is 102 Å². The van der Waals surface area contributed by atoms with Crippen LogP contribution >= 0.6 is 0 Å². The number of aryl methyl sites for hydroxylation is 1. The summed E-state index contributed by atoms with van der Waals surface area (Å²) in [5.41, 5.74) is 4.74. The first-order valence-electron chi connectivity index (χ1n) is 11.7. The smallest absolute Gasteiger partial charge is 0.343 e. The van der Waals surface area contributed by atoms with Crippen LogP contribution in [0.4, 0.5) is 11.4 Å². The Morgan fingerprint density at radius 1 is 0.821 bits per heavy atom. The number of hydrazone groups is 1. The monoisotopic (exact) mass is 522 g/mol. The second-order valence-electron chi connectivity index (χ2n) is 8.33.